The Bertz CT molecular complexity index is 1790. The summed E-state index contributed by atoms with van der Waals surface area (Å²) in [6.45, 7) is 1.17. The van der Waals surface area contributed by atoms with Gasteiger partial charge in [-0.3, -0.25) is 14.1 Å². The molecule has 1 N–H and O–H groups in total. The van der Waals surface area contributed by atoms with E-state index < -0.39 is 20.0 Å². The molecule has 5 rings (SSSR count). The van der Waals surface area contributed by atoms with E-state index in [2.05, 4.69) is 4.72 Å². The second-order valence-corrected chi connectivity index (χ2v) is 14.2. The molecular weight excluding hydrogens is 582 g/mol. The number of nitrogens with zero attached hydrogens (tertiary/aromatic N) is 2. The van der Waals surface area contributed by atoms with Crippen LogP contribution in [0.1, 0.15) is 24.8 Å². The van der Waals surface area contributed by atoms with E-state index in [0.717, 1.165) is 36.2 Å². The molecule has 13 heteroatoms. The molecule has 0 atom stereocenters. The zero-order valence-electron chi connectivity index (χ0n) is 21.0. The van der Waals surface area contributed by atoms with Crippen molar-refractivity contribution in [2.75, 3.05) is 24.9 Å². The molecule has 1 aromatic heterocycles. The summed E-state index contributed by atoms with van der Waals surface area (Å²) in [5, 5.41) is 0.592. The molecule has 4 aromatic rings. The maximum atomic E-state index is 13.4. The van der Waals surface area contributed by atoms with Crippen molar-refractivity contribution in [3.63, 3.8) is 0 Å². The first kappa shape index (κ1) is 27.7. The molecule has 1 aliphatic heterocycles. The van der Waals surface area contributed by atoms with Crippen LogP contribution in [-0.2, 0) is 26.6 Å². The lowest BCUT2D eigenvalue weighted by Crippen LogP contribution is -2.35. The van der Waals surface area contributed by atoms with Crippen molar-refractivity contribution in [1.29, 1.82) is 0 Å². The van der Waals surface area contributed by atoms with Crippen LogP contribution >= 0.6 is 22.9 Å². The number of fused-ring (bicyclic) bond motifs is 1. The molecule has 0 amide bonds. The number of nitrogens with one attached hydrogen (secondary N) is 1. The fraction of sp³-hybridized carbons (Fsp3) is 0.269. The number of hydrogen-bond acceptors (Lipinski definition) is 7. The molecule has 206 valence electrons. The van der Waals surface area contributed by atoms with Gasteiger partial charge in [-0.1, -0.05) is 41.5 Å². The quantitative estimate of drug-likeness (QED) is 0.309. The summed E-state index contributed by atoms with van der Waals surface area (Å²) in [7, 11) is -6.56. The number of halogens is 1. The summed E-state index contributed by atoms with van der Waals surface area (Å²) in [4.78, 5) is 12.4. The number of ether oxygens (including phenoxy) is 1. The Labute approximate surface area is 235 Å². The predicted molar refractivity (Wildman–Crippen MR) is 153 cm³/mol. The number of sulfonamides is 2. The minimum atomic E-state index is -4.15. The van der Waals surface area contributed by atoms with E-state index in [1.54, 1.807) is 22.8 Å². The topological polar surface area (TPSA) is 115 Å². The molecule has 2 heterocycles. The third-order valence-electron chi connectivity index (χ3n) is 6.57. The van der Waals surface area contributed by atoms with Crippen molar-refractivity contribution in [3.05, 3.63) is 80.9 Å². The van der Waals surface area contributed by atoms with E-state index in [1.165, 1.54) is 41.7 Å². The first-order chi connectivity index (χ1) is 18.6. The van der Waals surface area contributed by atoms with E-state index in [0.29, 0.717) is 34.9 Å². The van der Waals surface area contributed by atoms with Crippen LogP contribution in [-0.4, -0.2) is 45.9 Å². The molecule has 39 heavy (non-hydrogen) atoms. The molecule has 0 saturated carbocycles. The summed E-state index contributed by atoms with van der Waals surface area (Å²) >= 11 is 6.90. The third kappa shape index (κ3) is 5.71. The summed E-state index contributed by atoms with van der Waals surface area (Å²) in [6.07, 6.45) is 2.54. The summed E-state index contributed by atoms with van der Waals surface area (Å²) < 4.78 is 64.4. The second-order valence-electron chi connectivity index (χ2n) is 9.14. The Morgan fingerprint density at radius 3 is 2.31 bits per heavy atom. The van der Waals surface area contributed by atoms with Crippen LogP contribution in [0.4, 0.5) is 5.69 Å². The van der Waals surface area contributed by atoms with E-state index in [1.807, 2.05) is 12.1 Å². The van der Waals surface area contributed by atoms with Gasteiger partial charge in [0, 0.05) is 18.1 Å². The second kappa shape index (κ2) is 10.9. The van der Waals surface area contributed by atoms with Crippen LogP contribution in [0.15, 0.2) is 75.2 Å². The van der Waals surface area contributed by atoms with Gasteiger partial charge in [0.25, 0.3) is 10.0 Å². The third-order valence-corrected chi connectivity index (χ3v) is 11.0. The van der Waals surface area contributed by atoms with Crippen LogP contribution in [0, 0.1) is 0 Å². The maximum Gasteiger partial charge on any atom is 0.308 e. The molecule has 0 spiro atoms. The van der Waals surface area contributed by atoms with Crippen LogP contribution in [0.3, 0.4) is 0 Å². The van der Waals surface area contributed by atoms with Crippen molar-refractivity contribution in [2.45, 2.75) is 35.6 Å². The fourth-order valence-corrected chi connectivity index (χ4v) is 8.28. The number of hydrogen-bond donors (Lipinski definition) is 1. The smallest absolute Gasteiger partial charge is 0.308 e. The SMILES string of the molecule is COc1ccc(S(=O)(=O)N2CCCCC2)cc1NS(=O)(=O)c1ccc2c(c1)sc(=O)n2Cc1ccc(Cl)cc1. The predicted octanol–water partition coefficient (Wildman–Crippen LogP) is 4.75. The largest absolute Gasteiger partial charge is 0.495 e. The highest BCUT2D eigenvalue weighted by Crippen LogP contribution is 2.32. The van der Waals surface area contributed by atoms with Gasteiger partial charge in [0.1, 0.15) is 5.75 Å². The Morgan fingerprint density at radius 1 is 0.923 bits per heavy atom. The summed E-state index contributed by atoms with van der Waals surface area (Å²) in [5.74, 6) is 0.177. The molecule has 0 bridgehead atoms. The number of thiazole rings is 1. The van der Waals surface area contributed by atoms with Crippen molar-refractivity contribution in [3.8, 4) is 5.75 Å². The van der Waals surface area contributed by atoms with Gasteiger partial charge in [-0.25, -0.2) is 16.8 Å². The lowest BCUT2D eigenvalue weighted by atomic mass is 10.2. The highest BCUT2D eigenvalue weighted by atomic mass is 35.5. The van der Waals surface area contributed by atoms with Crippen LogP contribution < -0.4 is 14.3 Å². The average molecular weight is 608 g/mol. The molecule has 0 unspecified atom stereocenters. The zero-order valence-corrected chi connectivity index (χ0v) is 24.2. The number of methoxy groups -OCH3 is 1. The lowest BCUT2D eigenvalue weighted by molar-refractivity contribution is 0.346. The lowest BCUT2D eigenvalue weighted by Gasteiger charge is -2.26. The summed E-state index contributed by atoms with van der Waals surface area (Å²) in [5.41, 5.74) is 1.49. The molecule has 1 saturated heterocycles. The Hall–Kier alpha value is -2.90. The van der Waals surface area contributed by atoms with Crippen molar-refractivity contribution in [1.82, 2.24) is 8.87 Å². The van der Waals surface area contributed by atoms with E-state index in [4.69, 9.17) is 16.3 Å². The number of aromatic nitrogens is 1. The molecule has 1 aliphatic rings. The molecule has 1 fully saturated rings. The highest BCUT2D eigenvalue weighted by molar-refractivity contribution is 7.92. The van der Waals surface area contributed by atoms with Gasteiger partial charge in [0.05, 0.1) is 39.3 Å². The van der Waals surface area contributed by atoms with Crippen LogP contribution in [0.5, 0.6) is 5.75 Å². The minimum Gasteiger partial charge on any atom is -0.495 e. The summed E-state index contributed by atoms with van der Waals surface area (Å²) in [6, 6.07) is 15.7. The monoisotopic (exact) mass is 607 g/mol. The van der Waals surface area contributed by atoms with Gasteiger partial charge in [0.2, 0.25) is 10.0 Å². The maximum absolute atomic E-state index is 13.4. The first-order valence-electron chi connectivity index (χ1n) is 12.2. The Balaban J connectivity index is 1.45. The molecule has 9 nitrogen and oxygen atoms in total. The van der Waals surface area contributed by atoms with Gasteiger partial charge in [-0.05, 0) is 66.9 Å². The molecular formula is C26H26ClN3O6S3. The molecule has 0 aliphatic carbocycles. The van der Waals surface area contributed by atoms with Crippen LogP contribution in [0.2, 0.25) is 5.02 Å². The number of piperidine rings is 1. The van der Waals surface area contributed by atoms with Gasteiger partial charge >= 0.3 is 4.87 Å². The van der Waals surface area contributed by atoms with Gasteiger partial charge in [-0.2, -0.15) is 4.31 Å². The number of benzene rings is 3. The Morgan fingerprint density at radius 2 is 1.62 bits per heavy atom. The van der Waals surface area contributed by atoms with Crippen molar-refractivity contribution in [2.24, 2.45) is 0 Å². The number of rotatable bonds is 8. The first-order valence-corrected chi connectivity index (χ1v) is 16.3. The number of anilines is 1. The van der Waals surface area contributed by atoms with Crippen molar-refractivity contribution >= 4 is 58.9 Å². The van der Waals surface area contributed by atoms with Gasteiger partial charge < -0.3 is 4.74 Å². The van der Waals surface area contributed by atoms with Crippen molar-refractivity contribution < 1.29 is 21.6 Å². The van der Waals surface area contributed by atoms with E-state index in [9.17, 15) is 21.6 Å². The molecule has 3 aromatic carbocycles. The van der Waals surface area contributed by atoms with Gasteiger partial charge in [0.15, 0.2) is 0 Å². The van der Waals surface area contributed by atoms with E-state index >= 15 is 0 Å². The normalized spacial score (nSPS) is 14.9. The Kier molecular flexibility index (Phi) is 7.75. The standard InChI is InChI=1S/C26H26ClN3O6S3/c1-36-24-12-10-21(39(34,35)29-13-3-2-4-14-29)15-22(24)28-38(32,33)20-9-11-23-25(16-20)37-26(31)30(23)17-18-5-7-19(27)8-6-18/h5-12,15-16,28H,2-4,13-14,17H2,1H3. The zero-order chi connectivity index (χ0) is 27.8. The highest BCUT2D eigenvalue weighted by Gasteiger charge is 2.28. The fourth-order valence-electron chi connectivity index (χ4n) is 4.52. The van der Waals surface area contributed by atoms with Gasteiger partial charge in [-0.15, -0.1) is 0 Å². The van der Waals surface area contributed by atoms with Crippen LogP contribution in [0.25, 0.3) is 10.2 Å². The van der Waals surface area contributed by atoms with E-state index in [-0.39, 0.29) is 26.1 Å². The average Bonchev–Trinajstić information content (AvgIpc) is 3.24. The molecule has 0 radical (unpaired) electrons. The minimum absolute atomic E-state index is 0.00387.